The third-order valence-corrected chi connectivity index (χ3v) is 3.75. The van der Waals surface area contributed by atoms with Gasteiger partial charge in [-0.1, -0.05) is 30.9 Å². The predicted molar refractivity (Wildman–Crippen MR) is 63.8 cm³/mol. The minimum atomic E-state index is -0.954. The highest BCUT2D eigenvalue weighted by Crippen LogP contribution is 2.40. The summed E-state index contributed by atoms with van der Waals surface area (Å²) in [5.41, 5.74) is -0.459. The molecule has 1 aromatic rings. The highest BCUT2D eigenvalue weighted by Gasteiger charge is 2.41. The minimum Gasteiger partial charge on any atom is -0.481 e. The SMILES string of the molecule is O=C(O)C1(c2cc(F)cc(Cl)c2)CCCCC1. The Kier molecular flexibility index (Phi) is 3.38. The molecule has 0 atom stereocenters. The summed E-state index contributed by atoms with van der Waals surface area (Å²) in [7, 11) is 0. The predicted octanol–water partition coefficient (Wildman–Crippen LogP) is 3.77. The maximum atomic E-state index is 13.3. The maximum absolute atomic E-state index is 13.3. The van der Waals surface area contributed by atoms with Gasteiger partial charge >= 0.3 is 5.97 Å². The molecule has 1 aliphatic carbocycles. The van der Waals surface area contributed by atoms with E-state index in [4.69, 9.17) is 11.6 Å². The molecule has 0 spiro atoms. The van der Waals surface area contributed by atoms with Crippen LogP contribution in [0.1, 0.15) is 37.7 Å². The summed E-state index contributed by atoms with van der Waals surface area (Å²) in [6.45, 7) is 0. The van der Waals surface area contributed by atoms with E-state index in [0.717, 1.165) is 19.3 Å². The van der Waals surface area contributed by atoms with Gasteiger partial charge in [-0.05, 0) is 36.6 Å². The summed E-state index contributed by atoms with van der Waals surface area (Å²) in [4.78, 5) is 11.5. The summed E-state index contributed by atoms with van der Waals surface area (Å²) in [5, 5.41) is 9.71. The molecule has 0 unspecified atom stereocenters. The lowest BCUT2D eigenvalue weighted by atomic mass is 9.69. The quantitative estimate of drug-likeness (QED) is 0.875. The van der Waals surface area contributed by atoms with Crippen LogP contribution in [0.4, 0.5) is 4.39 Å². The molecule has 1 aliphatic rings. The smallest absolute Gasteiger partial charge is 0.314 e. The van der Waals surface area contributed by atoms with Crippen molar-refractivity contribution in [1.82, 2.24) is 0 Å². The molecule has 0 amide bonds. The summed E-state index contributed by atoms with van der Waals surface area (Å²) < 4.78 is 13.3. The van der Waals surface area contributed by atoms with Crippen molar-refractivity contribution in [2.75, 3.05) is 0 Å². The summed E-state index contributed by atoms with van der Waals surface area (Å²) >= 11 is 5.80. The van der Waals surface area contributed by atoms with Crippen LogP contribution in [-0.4, -0.2) is 11.1 Å². The monoisotopic (exact) mass is 256 g/mol. The number of hydrogen-bond acceptors (Lipinski definition) is 1. The summed E-state index contributed by atoms with van der Waals surface area (Å²) in [6, 6.07) is 4.07. The van der Waals surface area contributed by atoms with Crippen LogP contribution in [0.2, 0.25) is 5.02 Å². The molecule has 2 rings (SSSR count). The molecule has 0 aromatic heterocycles. The lowest BCUT2D eigenvalue weighted by Crippen LogP contribution is -2.37. The second-order valence-electron chi connectivity index (χ2n) is 4.61. The molecule has 17 heavy (non-hydrogen) atoms. The van der Waals surface area contributed by atoms with Crippen molar-refractivity contribution in [2.24, 2.45) is 0 Å². The Bertz CT molecular complexity index is 419. The van der Waals surface area contributed by atoms with Crippen LogP contribution in [0.3, 0.4) is 0 Å². The minimum absolute atomic E-state index is 0.256. The average Bonchev–Trinajstić information content (AvgIpc) is 2.28. The van der Waals surface area contributed by atoms with Gasteiger partial charge in [0, 0.05) is 5.02 Å². The number of aliphatic carboxylic acids is 1. The van der Waals surface area contributed by atoms with Crippen molar-refractivity contribution in [3.8, 4) is 0 Å². The van der Waals surface area contributed by atoms with Gasteiger partial charge in [-0.25, -0.2) is 4.39 Å². The Balaban J connectivity index is 2.48. The second kappa shape index (κ2) is 4.65. The molecule has 1 N–H and O–H groups in total. The van der Waals surface area contributed by atoms with Crippen molar-refractivity contribution >= 4 is 17.6 Å². The fraction of sp³-hybridized carbons (Fsp3) is 0.462. The lowest BCUT2D eigenvalue weighted by molar-refractivity contribution is -0.145. The number of rotatable bonds is 2. The zero-order valence-electron chi connectivity index (χ0n) is 9.38. The van der Waals surface area contributed by atoms with Gasteiger partial charge in [0.1, 0.15) is 5.82 Å². The number of carbonyl (C=O) groups is 1. The van der Waals surface area contributed by atoms with Crippen LogP contribution in [0.15, 0.2) is 18.2 Å². The summed E-state index contributed by atoms with van der Waals surface area (Å²) in [5.74, 6) is -1.35. The fourth-order valence-electron chi connectivity index (χ4n) is 2.61. The first-order valence-electron chi connectivity index (χ1n) is 5.74. The number of carboxylic acids is 1. The van der Waals surface area contributed by atoms with Gasteiger partial charge in [0.25, 0.3) is 0 Å². The molecule has 1 fully saturated rings. The van der Waals surface area contributed by atoms with E-state index in [1.165, 1.54) is 12.1 Å². The molecular weight excluding hydrogens is 243 g/mol. The van der Waals surface area contributed by atoms with Gasteiger partial charge in [0.05, 0.1) is 5.41 Å². The van der Waals surface area contributed by atoms with Crippen LogP contribution in [0.5, 0.6) is 0 Å². The van der Waals surface area contributed by atoms with Crippen molar-refractivity contribution in [1.29, 1.82) is 0 Å². The first kappa shape index (κ1) is 12.4. The van der Waals surface area contributed by atoms with Crippen molar-refractivity contribution < 1.29 is 14.3 Å². The normalized spacial score (nSPS) is 18.9. The van der Waals surface area contributed by atoms with Gasteiger partial charge < -0.3 is 5.11 Å². The molecular formula is C13H14ClFO2. The molecule has 0 aliphatic heterocycles. The van der Waals surface area contributed by atoms with E-state index in [-0.39, 0.29) is 5.02 Å². The lowest BCUT2D eigenvalue weighted by Gasteiger charge is -2.33. The van der Waals surface area contributed by atoms with E-state index in [9.17, 15) is 14.3 Å². The molecule has 0 saturated heterocycles. The van der Waals surface area contributed by atoms with Crippen molar-refractivity contribution in [3.05, 3.63) is 34.6 Å². The van der Waals surface area contributed by atoms with Crippen molar-refractivity contribution in [3.63, 3.8) is 0 Å². The van der Waals surface area contributed by atoms with E-state index in [0.29, 0.717) is 18.4 Å². The first-order chi connectivity index (χ1) is 8.04. The van der Waals surface area contributed by atoms with Crippen LogP contribution in [-0.2, 0) is 10.2 Å². The van der Waals surface area contributed by atoms with Crippen LogP contribution >= 0.6 is 11.6 Å². The Morgan fingerprint density at radius 3 is 2.41 bits per heavy atom. The number of benzene rings is 1. The van der Waals surface area contributed by atoms with E-state index in [2.05, 4.69) is 0 Å². The average molecular weight is 257 g/mol. The highest BCUT2D eigenvalue weighted by atomic mass is 35.5. The summed E-state index contributed by atoms with van der Waals surface area (Å²) in [6.07, 6.45) is 3.88. The molecule has 4 heteroatoms. The zero-order chi connectivity index (χ0) is 12.5. The number of halogens is 2. The van der Waals surface area contributed by atoms with Crippen LogP contribution < -0.4 is 0 Å². The number of carboxylic acid groups (broad SMARTS) is 1. The largest absolute Gasteiger partial charge is 0.481 e. The first-order valence-corrected chi connectivity index (χ1v) is 6.12. The topological polar surface area (TPSA) is 37.3 Å². The molecule has 0 bridgehead atoms. The van der Waals surface area contributed by atoms with Gasteiger partial charge in [0.15, 0.2) is 0 Å². The Labute approximate surface area is 104 Å². The zero-order valence-corrected chi connectivity index (χ0v) is 10.1. The van der Waals surface area contributed by atoms with Crippen LogP contribution in [0.25, 0.3) is 0 Å². The fourth-order valence-corrected chi connectivity index (χ4v) is 2.83. The van der Waals surface area contributed by atoms with Gasteiger partial charge in [-0.2, -0.15) is 0 Å². The Morgan fingerprint density at radius 2 is 1.88 bits per heavy atom. The van der Waals surface area contributed by atoms with Gasteiger partial charge in [-0.15, -0.1) is 0 Å². The Morgan fingerprint density at radius 1 is 1.24 bits per heavy atom. The van der Waals surface area contributed by atoms with E-state index < -0.39 is 17.2 Å². The molecule has 92 valence electrons. The van der Waals surface area contributed by atoms with Crippen LogP contribution in [0, 0.1) is 5.82 Å². The molecule has 0 heterocycles. The molecule has 1 aromatic carbocycles. The molecule has 0 radical (unpaired) electrons. The Hall–Kier alpha value is -1.09. The molecule has 2 nitrogen and oxygen atoms in total. The highest BCUT2D eigenvalue weighted by molar-refractivity contribution is 6.30. The standard InChI is InChI=1S/C13H14ClFO2/c14-10-6-9(7-11(15)8-10)13(12(16)17)4-2-1-3-5-13/h6-8H,1-5H2,(H,16,17). The van der Waals surface area contributed by atoms with Gasteiger partial charge in [0.2, 0.25) is 0 Å². The van der Waals surface area contributed by atoms with Gasteiger partial charge in [-0.3, -0.25) is 4.79 Å². The third-order valence-electron chi connectivity index (χ3n) is 3.53. The number of hydrogen-bond donors (Lipinski definition) is 1. The van der Waals surface area contributed by atoms with E-state index >= 15 is 0 Å². The second-order valence-corrected chi connectivity index (χ2v) is 5.04. The molecule has 1 saturated carbocycles. The third kappa shape index (κ3) is 2.29. The van der Waals surface area contributed by atoms with E-state index in [1.54, 1.807) is 6.07 Å². The van der Waals surface area contributed by atoms with Crippen molar-refractivity contribution in [2.45, 2.75) is 37.5 Å². The maximum Gasteiger partial charge on any atom is 0.314 e. The van der Waals surface area contributed by atoms with E-state index in [1.807, 2.05) is 0 Å².